The van der Waals surface area contributed by atoms with E-state index in [-0.39, 0.29) is 11.5 Å². The van der Waals surface area contributed by atoms with Gasteiger partial charge in [0.1, 0.15) is 5.82 Å². The van der Waals surface area contributed by atoms with E-state index < -0.39 is 10.0 Å². The largest absolute Gasteiger partial charge is 0.310 e. The number of sulfonamides is 1. The molecule has 106 valence electrons. The molecule has 2 rings (SSSR count). The van der Waals surface area contributed by atoms with Gasteiger partial charge in [0.15, 0.2) is 0 Å². The van der Waals surface area contributed by atoms with Crippen LogP contribution in [0.1, 0.15) is 36.8 Å². The lowest BCUT2D eigenvalue weighted by Crippen LogP contribution is -2.32. The molecule has 0 aliphatic carbocycles. The van der Waals surface area contributed by atoms with Gasteiger partial charge in [-0.3, -0.25) is 4.79 Å². The maximum Gasteiger partial charge on any atom is 0.254 e. The Morgan fingerprint density at radius 1 is 1.26 bits per heavy atom. The molecule has 1 aromatic rings. The number of fused-ring (bicyclic) bond motifs is 1. The lowest BCUT2D eigenvalue weighted by molar-refractivity contribution is 0.430. The molecule has 0 atom stereocenters. The highest BCUT2D eigenvalue weighted by atomic mass is 32.2. The summed E-state index contributed by atoms with van der Waals surface area (Å²) in [5.41, 5.74) is 1.22. The lowest BCUT2D eigenvalue weighted by Gasteiger charge is -2.16. The minimum atomic E-state index is -3.21. The van der Waals surface area contributed by atoms with Crippen LogP contribution in [0.4, 0.5) is 0 Å². The molecule has 1 aromatic heterocycles. The van der Waals surface area contributed by atoms with Crippen LogP contribution in [0.2, 0.25) is 0 Å². The fourth-order valence-electron chi connectivity index (χ4n) is 2.21. The second-order valence-corrected chi connectivity index (χ2v) is 7.18. The Morgan fingerprint density at radius 2 is 1.89 bits per heavy atom. The van der Waals surface area contributed by atoms with Crippen LogP contribution in [0.25, 0.3) is 0 Å². The topological polar surface area (TPSA) is 83.1 Å². The van der Waals surface area contributed by atoms with Crippen LogP contribution in [0.15, 0.2) is 4.79 Å². The van der Waals surface area contributed by atoms with Crippen molar-refractivity contribution in [1.82, 2.24) is 14.3 Å². The van der Waals surface area contributed by atoms with Gasteiger partial charge in [-0.2, -0.15) is 0 Å². The van der Waals surface area contributed by atoms with Crippen molar-refractivity contribution in [2.75, 3.05) is 19.3 Å². The van der Waals surface area contributed by atoms with E-state index in [1.165, 1.54) is 10.6 Å². The molecule has 0 radical (unpaired) electrons. The van der Waals surface area contributed by atoms with Crippen molar-refractivity contribution in [3.63, 3.8) is 0 Å². The van der Waals surface area contributed by atoms with E-state index in [4.69, 9.17) is 0 Å². The summed E-state index contributed by atoms with van der Waals surface area (Å²) < 4.78 is 24.5. The Bertz CT molecular complexity index is 634. The molecule has 0 aromatic carbocycles. The van der Waals surface area contributed by atoms with Gasteiger partial charge in [-0.25, -0.2) is 17.7 Å². The number of aromatic amines is 1. The predicted octanol–water partition coefficient (Wildman–Crippen LogP) is 0.253. The summed E-state index contributed by atoms with van der Waals surface area (Å²) in [6.45, 7) is 4.66. The smallest absolute Gasteiger partial charge is 0.254 e. The summed E-state index contributed by atoms with van der Waals surface area (Å²) in [5.74, 6) is 0.809. The highest BCUT2D eigenvalue weighted by Crippen LogP contribution is 2.15. The molecule has 0 saturated carbocycles. The standard InChI is InChI=1S/C12H19N3O3S/c1-8(2)11-13-10-5-7-15(19(3,17)18)6-4-9(10)12(16)14-11/h8H,4-7H2,1-3H3,(H,13,14,16). The summed E-state index contributed by atoms with van der Waals surface area (Å²) >= 11 is 0. The van der Waals surface area contributed by atoms with Gasteiger partial charge in [0, 0.05) is 31.0 Å². The molecular weight excluding hydrogens is 266 g/mol. The van der Waals surface area contributed by atoms with Crippen molar-refractivity contribution in [2.24, 2.45) is 0 Å². The first-order chi connectivity index (χ1) is 8.79. The molecule has 1 aliphatic rings. The first-order valence-corrected chi connectivity index (χ1v) is 8.21. The molecule has 0 unspecified atom stereocenters. The molecule has 0 bridgehead atoms. The van der Waals surface area contributed by atoms with Crippen molar-refractivity contribution < 1.29 is 8.42 Å². The average Bonchev–Trinajstić information content (AvgIpc) is 2.50. The van der Waals surface area contributed by atoms with Crippen LogP contribution >= 0.6 is 0 Å². The zero-order valence-corrected chi connectivity index (χ0v) is 12.2. The Hall–Kier alpha value is -1.21. The second kappa shape index (κ2) is 5.05. The van der Waals surface area contributed by atoms with E-state index in [0.29, 0.717) is 37.3 Å². The van der Waals surface area contributed by atoms with E-state index in [9.17, 15) is 13.2 Å². The zero-order valence-electron chi connectivity index (χ0n) is 11.4. The minimum absolute atomic E-state index is 0.135. The highest BCUT2D eigenvalue weighted by Gasteiger charge is 2.23. The van der Waals surface area contributed by atoms with Crippen LogP contribution in [-0.4, -0.2) is 42.0 Å². The van der Waals surface area contributed by atoms with Gasteiger partial charge in [-0.05, 0) is 6.42 Å². The molecular formula is C12H19N3O3S. The van der Waals surface area contributed by atoms with Crippen molar-refractivity contribution >= 4 is 10.0 Å². The Kier molecular flexibility index (Phi) is 3.78. The first kappa shape index (κ1) is 14.2. The maximum absolute atomic E-state index is 12.0. The number of hydrogen-bond donors (Lipinski definition) is 1. The molecule has 2 heterocycles. The van der Waals surface area contributed by atoms with Crippen molar-refractivity contribution in [1.29, 1.82) is 0 Å². The Labute approximate surface area is 112 Å². The third-order valence-corrected chi connectivity index (χ3v) is 4.65. The van der Waals surface area contributed by atoms with Crippen molar-refractivity contribution in [2.45, 2.75) is 32.6 Å². The van der Waals surface area contributed by atoms with E-state index >= 15 is 0 Å². The number of aromatic nitrogens is 2. The van der Waals surface area contributed by atoms with E-state index in [1.807, 2.05) is 13.8 Å². The van der Waals surface area contributed by atoms with Crippen LogP contribution in [0.5, 0.6) is 0 Å². The molecule has 1 N–H and O–H groups in total. The quantitative estimate of drug-likeness (QED) is 0.844. The zero-order chi connectivity index (χ0) is 14.2. The second-order valence-electron chi connectivity index (χ2n) is 5.19. The highest BCUT2D eigenvalue weighted by molar-refractivity contribution is 7.88. The number of nitrogens with one attached hydrogen (secondary N) is 1. The van der Waals surface area contributed by atoms with Gasteiger partial charge in [0.25, 0.3) is 5.56 Å². The van der Waals surface area contributed by atoms with Crippen LogP contribution < -0.4 is 5.56 Å². The average molecular weight is 285 g/mol. The van der Waals surface area contributed by atoms with Gasteiger partial charge in [0.2, 0.25) is 10.0 Å². The van der Waals surface area contributed by atoms with Gasteiger partial charge < -0.3 is 4.98 Å². The third kappa shape index (κ3) is 3.03. The van der Waals surface area contributed by atoms with Gasteiger partial charge >= 0.3 is 0 Å². The van der Waals surface area contributed by atoms with Gasteiger partial charge in [-0.1, -0.05) is 13.8 Å². The lowest BCUT2D eigenvalue weighted by atomic mass is 10.1. The fourth-order valence-corrected chi connectivity index (χ4v) is 3.06. The van der Waals surface area contributed by atoms with Gasteiger partial charge in [0.05, 0.1) is 11.9 Å². The SMILES string of the molecule is CC(C)c1nc2c(c(=O)[nH]1)CCN(S(C)(=O)=O)CC2. The minimum Gasteiger partial charge on any atom is -0.310 e. The number of hydrogen-bond acceptors (Lipinski definition) is 4. The predicted molar refractivity (Wildman–Crippen MR) is 72.8 cm³/mol. The number of nitrogens with zero attached hydrogens (tertiary/aromatic N) is 2. The molecule has 0 spiro atoms. The van der Waals surface area contributed by atoms with Crippen LogP contribution in [-0.2, 0) is 22.9 Å². The molecule has 7 heteroatoms. The summed E-state index contributed by atoms with van der Waals surface area (Å²) in [6, 6.07) is 0. The summed E-state index contributed by atoms with van der Waals surface area (Å²) in [5, 5.41) is 0. The number of rotatable bonds is 2. The Morgan fingerprint density at radius 3 is 2.47 bits per heavy atom. The summed E-state index contributed by atoms with van der Waals surface area (Å²) in [7, 11) is -3.21. The molecule has 6 nitrogen and oxygen atoms in total. The molecule has 0 saturated heterocycles. The van der Waals surface area contributed by atoms with E-state index in [2.05, 4.69) is 9.97 Å². The fraction of sp³-hybridized carbons (Fsp3) is 0.667. The summed E-state index contributed by atoms with van der Waals surface area (Å²) in [6.07, 6.45) is 2.11. The van der Waals surface area contributed by atoms with Crippen LogP contribution in [0.3, 0.4) is 0 Å². The third-order valence-electron chi connectivity index (χ3n) is 3.34. The molecule has 19 heavy (non-hydrogen) atoms. The normalized spacial score (nSPS) is 17.3. The van der Waals surface area contributed by atoms with Gasteiger partial charge in [-0.15, -0.1) is 0 Å². The first-order valence-electron chi connectivity index (χ1n) is 6.36. The molecule has 0 amide bonds. The Balaban J connectivity index is 2.38. The van der Waals surface area contributed by atoms with E-state index in [1.54, 1.807) is 0 Å². The number of H-pyrrole nitrogens is 1. The van der Waals surface area contributed by atoms with Crippen LogP contribution in [0, 0.1) is 0 Å². The van der Waals surface area contributed by atoms with Crippen molar-refractivity contribution in [3.8, 4) is 0 Å². The monoisotopic (exact) mass is 285 g/mol. The molecule has 1 aliphatic heterocycles. The summed E-state index contributed by atoms with van der Waals surface area (Å²) in [4.78, 5) is 19.3. The maximum atomic E-state index is 12.0. The van der Waals surface area contributed by atoms with Crippen molar-refractivity contribution in [3.05, 3.63) is 27.4 Å². The molecule has 0 fully saturated rings. The van der Waals surface area contributed by atoms with E-state index in [0.717, 1.165) is 5.69 Å².